The van der Waals surface area contributed by atoms with Crippen molar-refractivity contribution in [1.29, 1.82) is 0 Å². The summed E-state index contributed by atoms with van der Waals surface area (Å²) in [5.41, 5.74) is 3.15. The largest absolute Gasteiger partial charge is 0.467 e. The summed E-state index contributed by atoms with van der Waals surface area (Å²) >= 11 is 0. The molecule has 8 heteroatoms. The number of imide groups is 1. The van der Waals surface area contributed by atoms with E-state index >= 15 is 0 Å². The Balaban J connectivity index is 1.51. The summed E-state index contributed by atoms with van der Waals surface area (Å²) in [5, 5.41) is 4.57. The molecule has 0 saturated carbocycles. The van der Waals surface area contributed by atoms with Crippen LogP contribution in [0.3, 0.4) is 0 Å². The van der Waals surface area contributed by atoms with Crippen LogP contribution in [-0.2, 0) is 22.6 Å². The molecule has 0 fully saturated rings. The van der Waals surface area contributed by atoms with Gasteiger partial charge in [-0.1, -0.05) is 30.3 Å². The van der Waals surface area contributed by atoms with Crippen LogP contribution in [0.4, 0.5) is 4.79 Å². The lowest BCUT2D eigenvalue weighted by molar-refractivity contribution is -0.123. The standard InChI is InChI=1S/C22H23N3O5/c1-15-11-19(16(2)25(15)13-17-7-4-3-5-8-17)21(27)30-14-20(26)24-22(28)23-12-18-9-6-10-29-18/h3-11H,12-14H2,1-2H3,(H2,23,24,26,28). The van der Waals surface area contributed by atoms with Gasteiger partial charge in [0.25, 0.3) is 5.91 Å². The van der Waals surface area contributed by atoms with Crippen molar-refractivity contribution in [3.63, 3.8) is 0 Å². The Bertz CT molecular complexity index is 1020. The van der Waals surface area contributed by atoms with E-state index in [1.807, 2.05) is 48.7 Å². The van der Waals surface area contributed by atoms with Gasteiger partial charge in [-0.25, -0.2) is 9.59 Å². The SMILES string of the molecule is Cc1cc(C(=O)OCC(=O)NC(=O)NCc2ccco2)c(C)n1Cc1ccccc1. The van der Waals surface area contributed by atoms with Crippen LogP contribution in [-0.4, -0.2) is 29.1 Å². The number of urea groups is 1. The van der Waals surface area contributed by atoms with E-state index in [1.165, 1.54) is 6.26 Å². The monoisotopic (exact) mass is 409 g/mol. The first-order valence-electron chi connectivity index (χ1n) is 9.42. The second kappa shape index (κ2) is 9.60. The molecule has 2 N–H and O–H groups in total. The molecule has 2 heterocycles. The van der Waals surface area contributed by atoms with E-state index in [-0.39, 0.29) is 6.54 Å². The molecule has 156 valence electrons. The van der Waals surface area contributed by atoms with Gasteiger partial charge in [0.2, 0.25) is 0 Å². The number of furan rings is 1. The van der Waals surface area contributed by atoms with Crippen LogP contribution in [0, 0.1) is 13.8 Å². The van der Waals surface area contributed by atoms with E-state index in [0.717, 1.165) is 17.0 Å². The van der Waals surface area contributed by atoms with Crippen molar-refractivity contribution in [2.24, 2.45) is 0 Å². The average Bonchev–Trinajstić information content (AvgIpc) is 3.35. The highest BCUT2D eigenvalue weighted by Crippen LogP contribution is 2.18. The number of amides is 3. The van der Waals surface area contributed by atoms with Crippen molar-refractivity contribution in [3.8, 4) is 0 Å². The van der Waals surface area contributed by atoms with Gasteiger partial charge < -0.3 is 19.0 Å². The van der Waals surface area contributed by atoms with E-state index in [2.05, 4.69) is 10.6 Å². The van der Waals surface area contributed by atoms with Crippen molar-refractivity contribution in [2.75, 3.05) is 6.61 Å². The Kier molecular flexibility index (Phi) is 6.69. The third-order valence-corrected chi connectivity index (χ3v) is 4.57. The van der Waals surface area contributed by atoms with Gasteiger partial charge in [-0.3, -0.25) is 10.1 Å². The lowest BCUT2D eigenvalue weighted by atomic mass is 10.2. The number of aromatic nitrogens is 1. The third kappa shape index (κ3) is 5.38. The number of hydrogen-bond acceptors (Lipinski definition) is 5. The van der Waals surface area contributed by atoms with Crippen molar-refractivity contribution < 1.29 is 23.5 Å². The molecule has 0 aliphatic heterocycles. The van der Waals surface area contributed by atoms with Crippen LogP contribution in [0.25, 0.3) is 0 Å². The molecule has 0 radical (unpaired) electrons. The topological polar surface area (TPSA) is 103 Å². The maximum Gasteiger partial charge on any atom is 0.340 e. The normalized spacial score (nSPS) is 10.5. The van der Waals surface area contributed by atoms with Gasteiger partial charge in [0.15, 0.2) is 6.61 Å². The van der Waals surface area contributed by atoms with E-state index in [0.29, 0.717) is 17.9 Å². The number of aryl methyl sites for hydroxylation is 1. The molecule has 0 atom stereocenters. The van der Waals surface area contributed by atoms with Crippen LogP contribution in [0.1, 0.15) is 33.1 Å². The van der Waals surface area contributed by atoms with Crippen LogP contribution in [0.2, 0.25) is 0 Å². The van der Waals surface area contributed by atoms with E-state index in [1.54, 1.807) is 18.2 Å². The lowest BCUT2D eigenvalue weighted by Crippen LogP contribution is -2.41. The van der Waals surface area contributed by atoms with Gasteiger partial charge in [-0.15, -0.1) is 0 Å². The Morgan fingerprint density at radius 3 is 2.53 bits per heavy atom. The van der Waals surface area contributed by atoms with Crippen molar-refractivity contribution >= 4 is 17.9 Å². The molecule has 0 aliphatic rings. The van der Waals surface area contributed by atoms with E-state index in [4.69, 9.17) is 9.15 Å². The molecule has 3 amide bonds. The number of ether oxygens (including phenoxy) is 1. The number of rotatable bonds is 7. The van der Waals surface area contributed by atoms with Gasteiger partial charge in [0.05, 0.1) is 18.4 Å². The number of esters is 1. The number of hydrogen-bond donors (Lipinski definition) is 2. The lowest BCUT2D eigenvalue weighted by Gasteiger charge is -2.10. The molecular weight excluding hydrogens is 386 g/mol. The number of nitrogens with zero attached hydrogens (tertiary/aromatic N) is 1. The number of benzene rings is 1. The van der Waals surface area contributed by atoms with Gasteiger partial charge in [0.1, 0.15) is 5.76 Å². The second-order valence-corrected chi connectivity index (χ2v) is 6.74. The molecule has 1 aromatic carbocycles. The summed E-state index contributed by atoms with van der Waals surface area (Å²) in [4.78, 5) is 36.0. The smallest absolute Gasteiger partial charge is 0.340 e. The highest BCUT2D eigenvalue weighted by Gasteiger charge is 2.19. The number of carbonyl (C=O) groups is 3. The highest BCUT2D eigenvalue weighted by molar-refractivity contribution is 5.97. The predicted octanol–water partition coefficient (Wildman–Crippen LogP) is 2.93. The molecule has 0 bridgehead atoms. The zero-order chi connectivity index (χ0) is 21.5. The fraction of sp³-hybridized carbons (Fsp3) is 0.227. The summed E-state index contributed by atoms with van der Waals surface area (Å²) < 4.78 is 12.2. The summed E-state index contributed by atoms with van der Waals surface area (Å²) in [6.07, 6.45) is 1.48. The molecule has 0 aliphatic carbocycles. The fourth-order valence-corrected chi connectivity index (χ4v) is 3.01. The zero-order valence-electron chi connectivity index (χ0n) is 16.8. The minimum atomic E-state index is -0.724. The van der Waals surface area contributed by atoms with Gasteiger partial charge in [0, 0.05) is 17.9 Å². The molecule has 0 spiro atoms. The molecule has 3 aromatic rings. The minimum Gasteiger partial charge on any atom is -0.467 e. The third-order valence-electron chi connectivity index (χ3n) is 4.57. The fourth-order valence-electron chi connectivity index (χ4n) is 3.01. The summed E-state index contributed by atoms with van der Waals surface area (Å²) in [6, 6.07) is 14.3. The van der Waals surface area contributed by atoms with E-state index in [9.17, 15) is 14.4 Å². The van der Waals surface area contributed by atoms with Crippen LogP contribution in [0.5, 0.6) is 0 Å². The maximum atomic E-state index is 12.4. The van der Waals surface area contributed by atoms with Crippen molar-refractivity contribution in [1.82, 2.24) is 15.2 Å². The molecule has 0 saturated heterocycles. The van der Waals surface area contributed by atoms with Gasteiger partial charge >= 0.3 is 12.0 Å². The summed E-state index contributed by atoms with van der Waals surface area (Å²) in [6.45, 7) is 3.94. The Morgan fingerprint density at radius 2 is 1.83 bits per heavy atom. The molecule has 30 heavy (non-hydrogen) atoms. The van der Waals surface area contributed by atoms with E-state index < -0.39 is 24.5 Å². The maximum absolute atomic E-state index is 12.4. The van der Waals surface area contributed by atoms with Gasteiger partial charge in [-0.05, 0) is 37.6 Å². The van der Waals surface area contributed by atoms with Crippen molar-refractivity contribution in [2.45, 2.75) is 26.9 Å². The predicted molar refractivity (Wildman–Crippen MR) is 109 cm³/mol. The number of nitrogens with one attached hydrogen (secondary N) is 2. The summed E-state index contributed by atoms with van der Waals surface area (Å²) in [7, 11) is 0. The van der Waals surface area contributed by atoms with Crippen LogP contribution in [0.15, 0.2) is 59.2 Å². The number of carbonyl (C=O) groups excluding carboxylic acids is 3. The Morgan fingerprint density at radius 1 is 1.07 bits per heavy atom. The van der Waals surface area contributed by atoms with Crippen LogP contribution < -0.4 is 10.6 Å². The Labute approximate surface area is 173 Å². The first-order chi connectivity index (χ1) is 14.4. The van der Waals surface area contributed by atoms with Crippen molar-refractivity contribution in [3.05, 3.63) is 83.1 Å². The second-order valence-electron chi connectivity index (χ2n) is 6.74. The Hall–Kier alpha value is -3.81. The minimum absolute atomic E-state index is 0.138. The first-order valence-corrected chi connectivity index (χ1v) is 9.42. The molecular formula is C22H23N3O5. The highest BCUT2D eigenvalue weighted by atomic mass is 16.5. The zero-order valence-corrected chi connectivity index (χ0v) is 16.8. The average molecular weight is 409 g/mol. The molecule has 2 aromatic heterocycles. The molecule has 3 rings (SSSR count). The van der Waals surface area contributed by atoms with Crippen LogP contribution >= 0.6 is 0 Å². The quantitative estimate of drug-likeness (QED) is 0.584. The first kappa shape index (κ1) is 20.9. The summed E-state index contributed by atoms with van der Waals surface area (Å²) in [5.74, 6) is -0.790. The molecule has 8 nitrogen and oxygen atoms in total. The molecule has 0 unspecified atom stereocenters. The van der Waals surface area contributed by atoms with Gasteiger partial charge in [-0.2, -0.15) is 0 Å².